The van der Waals surface area contributed by atoms with Crippen LogP contribution in [0.2, 0.25) is 0 Å². The minimum atomic E-state index is -0.103. The fourth-order valence-corrected chi connectivity index (χ4v) is 3.01. The number of hydrogen-bond acceptors (Lipinski definition) is 3. The average Bonchev–Trinajstić information content (AvgIpc) is 2.76. The van der Waals surface area contributed by atoms with E-state index in [1.165, 1.54) is 0 Å². The van der Waals surface area contributed by atoms with Gasteiger partial charge >= 0.3 is 0 Å². The molecular formula is C16H24N2O2. The zero-order chi connectivity index (χ0) is 15.1. The Morgan fingerprint density at radius 1 is 1.25 bits per heavy atom. The Labute approximate surface area is 120 Å². The lowest BCUT2D eigenvalue weighted by Crippen LogP contribution is -2.27. The summed E-state index contributed by atoms with van der Waals surface area (Å²) in [5, 5.41) is 3.00. The van der Waals surface area contributed by atoms with E-state index in [0.717, 1.165) is 0 Å². The molecule has 0 unspecified atom stereocenters. The highest BCUT2D eigenvalue weighted by Gasteiger charge is 2.64. The first-order valence-corrected chi connectivity index (χ1v) is 6.93. The van der Waals surface area contributed by atoms with Crippen molar-refractivity contribution in [3.8, 4) is 5.75 Å². The molecule has 1 aromatic carbocycles. The summed E-state index contributed by atoms with van der Waals surface area (Å²) in [6, 6.07) is 5.07. The van der Waals surface area contributed by atoms with Crippen LogP contribution in [0.25, 0.3) is 0 Å². The van der Waals surface area contributed by atoms with Crippen molar-refractivity contribution >= 4 is 11.6 Å². The Bertz CT molecular complexity index is 521. The average molecular weight is 276 g/mol. The third-order valence-corrected chi connectivity index (χ3v) is 5.21. The number of anilines is 1. The molecule has 0 aromatic heterocycles. The first kappa shape index (κ1) is 14.7. The van der Waals surface area contributed by atoms with Crippen LogP contribution >= 0.6 is 0 Å². The van der Waals surface area contributed by atoms with Crippen LogP contribution in [0.5, 0.6) is 5.75 Å². The van der Waals surface area contributed by atoms with Crippen LogP contribution in [-0.4, -0.2) is 19.6 Å². The molecule has 0 aliphatic heterocycles. The molecule has 0 atom stereocenters. The van der Waals surface area contributed by atoms with E-state index in [1.54, 1.807) is 25.3 Å². The van der Waals surface area contributed by atoms with Gasteiger partial charge in [0.25, 0.3) is 5.91 Å². The normalized spacial score (nSPS) is 19.4. The molecule has 0 radical (unpaired) electrons. The highest BCUT2D eigenvalue weighted by atomic mass is 16.5. The smallest absolute Gasteiger partial charge is 0.251 e. The van der Waals surface area contributed by atoms with Crippen molar-refractivity contribution in [2.24, 2.45) is 16.7 Å². The third kappa shape index (κ3) is 2.35. The molecule has 0 heterocycles. The Kier molecular flexibility index (Phi) is 3.44. The number of nitrogens with one attached hydrogen (secondary N) is 1. The topological polar surface area (TPSA) is 64.3 Å². The van der Waals surface area contributed by atoms with Crippen molar-refractivity contribution in [2.75, 3.05) is 19.4 Å². The molecule has 4 heteroatoms. The number of rotatable bonds is 4. The van der Waals surface area contributed by atoms with Gasteiger partial charge in [-0.2, -0.15) is 0 Å². The number of ether oxygens (including phenoxy) is 1. The minimum absolute atomic E-state index is 0.103. The quantitative estimate of drug-likeness (QED) is 0.831. The highest BCUT2D eigenvalue weighted by molar-refractivity contribution is 5.95. The molecule has 110 valence electrons. The molecule has 1 aliphatic carbocycles. The van der Waals surface area contributed by atoms with E-state index < -0.39 is 0 Å². The molecule has 0 spiro atoms. The van der Waals surface area contributed by atoms with Crippen molar-refractivity contribution < 1.29 is 9.53 Å². The Hall–Kier alpha value is -1.71. The van der Waals surface area contributed by atoms with E-state index in [2.05, 4.69) is 33.0 Å². The van der Waals surface area contributed by atoms with Gasteiger partial charge in [0.05, 0.1) is 7.11 Å². The van der Waals surface area contributed by atoms with Gasteiger partial charge < -0.3 is 15.8 Å². The van der Waals surface area contributed by atoms with E-state index in [-0.39, 0.29) is 16.7 Å². The van der Waals surface area contributed by atoms with E-state index in [4.69, 9.17) is 10.5 Å². The molecule has 4 nitrogen and oxygen atoms in total. The maximum absolute atomic E-state index is 12.2. The summed E-state index contributed by atoms with van der Waals surface area (Å²) in [6.45, 7) is 9.66. The van der Waals surface area contributed by atoms with Crippen LogP contribution in [-0.2, 0) is 0 Å². The van der Waals surface area contributed by atoms with Crippen molar-refractivity contribution in [3.63, 3.8) is 0 Å². The summed E-state index contributed by atoms with van der Waals surface area (Å²) >= 11 is 0. The lowest BCUT2D eigenvalue weighted by molar-refractivity contribution is 0.0949. The van der Waals surface area contributed by atoms with E-state index in [1.807, 2.05) is 0 Å². The molecule has 1 amide bonds. The van der Waals surface area contributed by atoms with Crippen molar-refractivity contribution in [1.29, 1.82) is 0 Å². The Morgan fingerprint density at radius 2 is 1.85 bits per heavy atom. The summed E-state index contributed by atoms with van der Waals surface area (Å²) in [5.41, 5.74) is 7.38. The van der Waals surface area contributed by atoms with Gasteiger partial charge in [0, 0.05) is 23.9 Å². The van der Waals surface area contributed by atoms with Crippen LogP contribution in [0.1, 0.15) is 38.1 Å². The number of nitrogen functional groups attached to an aromatic ring is 1. The minimum Gasteiger partial charge on any atom is -0.497 e. The Balaban J connectivity index is 2.02. The molecule has 1 fully saturated rings. The second kappa shape index (κ2) is 4.69. The first-order valence-electron chi connectivity index (χ1n) is 6.93. The maximum atomic E-state index is 12.2. The van der Waals surface area contributed by atoms with E-state index in [9.17, 15) is 4.79 Å². The summed E-state index contributed by atoms with van der Waals surface area (Å²) in [5.74, 6) is 0.998. The van der Waals surface area contributed by atoms with Crippen LogP contribution in [0, 0.1) is 16.7 Å². The maximum Gasteiger partial charge on any atom is 0.251 e. The standard InChI is InChI=1S/C16H24N2O2/c1-15(2)13(16(15,3)4)9-18-14(19)10-6-11(17)8-12(7-10)20-5/h6-8,13H,9,17H2,1-5H3,(H,18,19). The lowest BCUT2D eigenvalue weighted by Gasteiger charge is -2.09. The Morgan fingerprint density at radius 3 is 2.35 bits per heavy atom. The van der Waals surface area contributed by atoms with Crippen LogP contribution < -0.4 is 15.8 Å². The highest BCUT2D eigenvalue weighted by Crippen LogP contribution is 2.67. The SMILES string of the molecule is COc1cc(N)cc(C(=O)NCC2C(C)(C)C2(C)C)c1. The number of nitrogens with two attached hydrogens (primary N) is 1. The fourth-order valence-electron chi connectivity index (χ4n) is 3.01. The molecule has 3 N–H and O–H groups in total. The summed E-state index contributed by atoms with van der Waals surface area (Å²) < 4.78 is 5.13. The lowest BCUT2D eigenvalue weighted by atomic mass is 10.0. The van der Waals surface area contributed by atoms with Crippen molar-refractivity contribution in [3.05, 3.63) is 23.8 Å². The number of methoxy groups -OCH3 is 1. The van der Waals surface area contributed by atoms with E-state index >= 15 is 0 Å². The predicted molar refractivity (Wildman–Crippen MR) is 80.8 cm³/mol. The zero-order valence-electron chi connectivity index (χ0n) is 12.9. The van der Waals surface area contributed by atoms with Gasteiger partial charge in [-0.25, -0.2) is 0 Å². The number of carbonyl (C=O) groups excluding carboxylic acids is 1. The van der Waals surface area contributed by atoms with Gasteiger partial charge in [-0.15, -0.1) is 0 Å². The first-order chi connectivity index (χ1) is 9.20. The summed E-state index contributed by atoms with van der Waals surface area (Å²) in [6.07, 6.45) is 0. The number of carbonyl (C=O) groups is 1. The monoisotopic (exact) mass is 276 g/mol. The van der Waals surface area contributed by atoms with E-state index in [0.29, 0.717) is 29.5 Å². The molecule has 1 saturated carbocycles. The van der Waals surface area contributed by atoms with Crippen molar-refractivity contribution in [2.45, 2.75) is 27.7 Å². The third-order valence-electron chi connectivity index (χ3n) is 5.21. The molecule has 0 saturated heterocycles. The van der Waals surface area contributed by atoms with Gasteiger partial charge in [0.2, 0.25) is 0 Å². The molecular weight excluding hydrogens is 252 g/mol. The largest absolute Gasteiger partial charge is 0.497 e. The fraction of sp³-hybridized carbons (Fsp3) is 0.562. The number of benzene rings is 1. The second-order valence-corrected chi connectivity index (χ2v) is 6.70. The van der Waals surface area contributed by atoms with Crippen LogP contribution in [0.4, 0.5) is 5.69 Å². The predicted octanol–water partition coefficient (Wildman–Crippen LogP) is 2.69. The van der Waals surface area contributed by atoms with Crippen LogP contribution in [0.3, 0.4) is 0 Å². The summed E-state index contributed by atoms with van der Waals surface area (Å²) in [4.78, 5) is 12.2. The molecule has 20 heavy (non-hydrogen) atoms. The van der Waals surface area contributed by atoms with Gasteiger partial charge in [0.15, 0.2) is 0 Å². The van der Waals surface area contributed by atoms with Crippen LogP contribution in [0.15, 0.2) is 18.2 Å². The van der Waals surface area contributed by atoms with Gasteiger partial charge in [-0.1, -0.05) is 27.7 Å². The second-order valence-electron chi connectivity index (χ2n) is 6.70. The number of hydrogen-bond donors (Lipinski definition) is 2. The van der Waals surface area contributed by atoms with Gasteiger partial charge in [-0.05, 0) is 28.9 Å². The molecule has 0 bridgehead atoms. The van der Waals surface area contributed by atoms with Gasteiger partial charge in [0.1, 0.15) is 5.75 Å². The van der Waals surface area contributed by atoms with Crippen molar-refractivity contribution in [1.82, 2.24) is 5.32 Å². The molecule has 1 aromatic rings. The summed E-state index contributed by atoms with van der Waals surface area (Å²) in [7, 11) is 1.56. The molecule has 2 rings (SSSR count). The molecule has 1 aliphatic rings. The zero-order valence-corrected chi connectivity index (χ0v) is 12.9. The van der Waals surface area contributed by atoms with Gasteiger partial charge in [-0.3, -0.25) is 4.79 Å². The number of amides is 1.